The lowest BCUT2D eigenvalue weighted by Crippen LogP contribution is -2.48. The third-order valence-corrected chi connectivity index (χ3v) is 4.73. The van der Waals surface area contributed by atoms with E-state index in [1.807, 2.05) is 65.6 Å². The zero-order chi connectivity index (χ0) is 16.8. The van der Waals surface area contributed by atoms with Gasteiger partial charge in [0.1, 0.15) is 0 Å². The molecule has 2 aromatic carbocycles. The molecule has 1 fully saturated rings. The topological polar surface area (TPSA) is 56.1 Å². The molecule has 1 N–H and O–H groups in total. The van der Waals surface area contributed by atoms with E-state index in [2.05, 4.69) is 11.4 Å². The summed E-state index contributed by atoms with van der Waals surface area (Å²) in [4.78, 5) is 14.1. The summed E-state index contributed by atoms with van der Waals surface area (Å²) in [6.07, 6.45) is 1.35. The van der Waals surface area contributed by atoms with Crippen molar-refractivity contribution in [2.24, 2.45) is 0 Å². The summed E-state index contributed by atoms with van der Waals surface area (Å²) in [6, 6.07) is 22.2. The third-order valence-electron chi connectivity index (χ3n) is 4.73. The summed E-state index contributed by atoms with van der Waals surface area (Å²) in [5.74, 6) is 0. The molecule has 1 saturated heterocycles. The highest BCUT2D eigenvalue weighted by molar-refractivity contribution is 5.74. The van der Waals surface area contributed by atoms with Crippen LogP contribution in [0.3, 0.4) is 0 Å². The summed E-state index contributed by atoms with van der Waals surface area (Å²) < 4.78 is 0. The number of carbonyl (C=O) groups is 1. The van der Waals surface area contributed by atoms with Crippen molar-refractivity contribution in [3.8, 4) is 6.07 Å². The second kappa shape index (κ2) is 7.18. The summed E-state index contributed by atoms with van der Waals surface area (Å²) in [7, 11) is 0. The van der Waals surface area contributed by atoms with Crippen molar-refractivity contribution in [3.05, 3.63) is 71.8 Å². The lowest BCUT2D eigenvalue weighted by Gasteiger charge is -2.37. The van der Waals surface area contributed by atoms with Gasteiger partial charge in [-0.1, -0.05) is 60.7 Å². The smallest absolute Gasteiger partial charge is 0.317 e. The first kappa shape index (κ1) is 16.1. The van der Waals surface area contributed by atoms with E-state index < -0.39 is 5.41 Å². The van der Waals surface area contributed by atoms with Crippen molar-refractivity contribution in [3.63, 3.8) is 0 Å². The van der Waals surface area contributed by atoms with Gasteiger partial charge in [-0.3, -0.25) is 0 Å². The number of carbonyl (C=O) groups excluding carboxylic acids is 1. The number of rotatable bonds is 3. The summed E-state index contributed by atoms with van der Waals surface area (Å²) in [5, 5.41) is 12.7. The van der Waals surface area contributed by atoms with Crippen LogP contribution in [0.25, 0.3) is 0 Å². The van der Waals surface area contributed by atoms with Gasteiger partial charge in [0.2, 0.25) is 0 Å². The molecule has 4 heteroatoms. The first-order valence-electron chi connectivity index (χ1n) is 8.27. The van der Waals surface area contributed by atoms with Crippen LogP contribution >= 0.6 is 0 Å². The normalized spacial score (nSPS) is 16.2. The highest BCUT2D eigenvalue weighted by Crippen LogP contribution is 2.34. The van der Waals surface area contributed by atoms with E-state index in [-0.39, 0.29) is 6.03 Å². The predicted molar refractivity (Wildman–Crippen MR) is 93.2 cm³/mol. The molecular weight excluding hydrogens is 298 g/mol. The largest absolute Gasteiger partial charge is 0.334 e. The Bertz CT molecular complexity index is 714. The van der Waals surface area contributed by atoms with Crippen LogP contribution in [0, 0.1) is 11.3 Å². The van der Waals surface area contributed by atoms with Crippen molar-refractivity contribution in [1.82, 2.24) is 10.2 Å². The van der Waals surface area contributed by atoms with Gasteiger partial charge in [0.25, 0.3) is 0 Å². The average molecular weight is 319 g/mol. The van der Waals surface area contributed by atoms with Crippen LogP contribution in [0.5, 0.6) is 0 Å². The molecule has 3 rings (SSSR count). The fourth-order valence-corrected chi connectivity index (χ4v) is 3.20. The van der Waals surface area contributed by atoms with E-state index in [1.54, 1.807) is 0 Å². The Hall–Kier alpha value is -2.80. The maximum Gasteiger partial charge on any atom is 0.317 e. The number of benzene rings is 2. The molecule has 1 heterocycles. The SMILES string of the molecule is N#CC1(c2ccccc2)CCN(C(=O)NCc2ccccc2)CC1. The molecular formula is C20H21N3O. The van der Waals surface area contributed by atoms with Gasteiger partial charge < -0.3 is 10.2 Å². The average Bonchev–Trinajstić information content (AvgIpc) is 2.67. The van der Waals surface area contributed by atoms with Crippen LogP contribution in [0.1, 0.15) is 24.0 Å². The summed E-state index contributed by atoms with van der Waals surface area (Å²) >= 11 is 0. The van der Waals surface area contributed by atoms with Crippen molar-refractivity contribution < 1.29 is 4.79 Å². The molecule has 0 unspecified atom stereocenters. The highest BCUT2D eigenvalue weighted by Gasteiger charge is 2.37. The third kappa shape index (κ3) is 3.41. The molecule has 0 radical (unpaired) electrons. The minimum Gasteiger partial charge on any atom is -0.334 e. The molecule has 0 spiro atoms. The Balaban J connectivity index is 1.58. The van der Waals surface area contributed by atoms with E-state index in [9.17, 15) is 10.1 Å². The van der Waals surface area contributed by atoms with Crippen LogP contribution in [0.4, 0.5) is 4.79 Å². The van der Waals surface area contributed by atoms with Gasteiger partial charge >= 0.3 is 6.03 Å². The van der Waals surface area contributed by atoms with Crippen molar-refractivity contribution >= 4 is 6.03 Å². The minimum absolute atomic E-state index is 0.0570. The molecule has 2 aromatic rings. The molecule has 0 bridgehead atoms. The monoisotopic (exact) mass is 319 g/mol. The Morgan fingerprint density at radius 3 is 2.21 bits per heavy atom. The first-order chi connectivity index (χ1) is 11.7. The number of hydrogen-bond donors (Lipinski definition) is 1. The quantitative estimate of drug-likeness (QED) is 0.942. The first-order valence-corrected chi connectivity index (χ1v) is 8.27. The molecule has 4 nitrogen and oxygen atoms in total. The van der Waals surface area contributed by atoms with Gasteiger partial charge in [-0.2, -0.15) is 5.26 Å². The second-order valence-corrected chi connectivity index (χ2v) is 6.19. The van der Waals surface area contributed by atoms with Crippen LogP contribution in [-0.4, -0.2) is 24.0 Å². The van der Waals surface area contributed by atoms with Gasteiger partial charge in [-0.25, -0.2) is 4.79 Å². The fraction of sp³-hybridized carbons (Fsp3) is 0.300. The maximum atomic E-state index is 12.3. The molecule has 0 saturated carbocycles. The fourth-order valence-electron chi connectivity index (χ4n) is 3.20. The molecule has 0 aliphatic carbocycles. The van der Waals surface area contributed by atoms with Crippen molar-refractivity contribution in [1.29, 1.82) is 5.26 Å². The molecule has 0 atom stereocenters. The molecule has 1 aliphatic rings. The van der Waals surface area contributed by atoms with Crippen LogP contribution < -0.4 is 5.32 Å². The second-order valence-electron chi connectivity index (χ2n) is 6.19. The standard InChI is InChI=1S/C20H21N3O/c21-16-20(18-9-5-2-6-10-18)11-13-23(14-12-20)19(24)22-15-17-7-3-1-4-8-17/h1-10H,11-15H2,(H,22,24). The zero-order valence-corrected chi connectivity index (χ0v) is 13.6. The molecule has 0 aromatic heterocycles. The van der Waals surface area contributed by atoms with Crippen LogP contribution in [0.2, 0.25) is 0 Å². The van der Waals surface area contributed by atoms with Crippen molar-refractivity contribution in [2.45, 2.75) is 24.8 Å². The van der Waals surface area contributed by atoms with E-state index in [1.165, 1.54) is 0 Å². The number of amides is 2. The Morgan fingerprint density at radius 1 is 1.04 bits per heavy atom. The number of hydrogen-bond acceptors (Lipinski definition) is 2. The predicted octanol–water partition coefficient (Wildman–Crippen LogP) is 3.45. The lowest BCUT2D eigenvalue weighted by molar-refractivity contribution is 0.171. The number of urea groups is 1. The summed E-state index contributed by atoms with van der Waals surface area (Å²) in [5.41, 5.74) is 1.66. The number of nitriles is 1. The Morgan fingerprint density at radius 2 is 1.62 bits per heavy atom. The van der Waals surface area contributed by atoms with Gasteiger partial charge in [0, 0.05) is 19.6 Å². The molecule has 122 valence electrons. The van der Waals surface area contributed by atoms with Gasteiger partial charge in [0.05, 0.1) is 11.5 Å². The van der Waals surface area contributed by atoms with E-state index in [0.717, 1.165) is 11.1 Å². The molecule has 1 aliphatic heterocycles. The van der Waals surface area contributed by atoms with Crippen LogP contribution in [-0.2, 0) is 12.0 Å². The summed E-state index contributed by atoms with van der Waals surface area (Å²) in [6.45, 7) is 1.73. The van der Waals surface area contributed by atoms with Crippen molar-refractivity contribution in [2.75, 3.05) is 13.1 Å². The van der Waals surface area contributed by atoms with E-state index >= 15 is 0 Å². The lowest BCUT2D eigenvalue weighted by atomic mass is 9.74. The Labute approximate surface area is 142 Å². The number of nitrogens with zero attached hydrogens (tertiary/aromatic N) is 2. The van der Waals surface area contributed by atoms with Crippen LogP contribution in [0.15, 0.2) is 60.7 Å². The highest BCUT2D eigenvalue weighted by atomic mass is 16.2. The number of nitrogens with one attached hydrogen (secondary N) is 1. The van der Waals surface area contributed by atoms with Gasteiger partial charge in [-0.15, -0.1) is 0 Å². The molecule has 2 amide bonds. The van der Waals surface area contributed by atoms with E-state index in [4.69, 9.17) is 0 Å². The number of piperidine rings is 1. The Kier molecular flexibility index (Phi) is 4.81. The molecule has 24 heavy (non-hydrogen) atoms. The zero-order valence-electron chi connectivity index (χ0n) is 13.6. The maximum absolute atomic E-state index is 12.3. The van der Waals surface area contributed by atoms with Gasteiger partial charge in [0.15, 0.2) is 0 Å². The number of likely N-dealkylation sites (tertiary alicyclic amines) is 1. The minimum atomic E-state index is -0.475. The van der Waals surface area contributed by atoms with Gasteiger partial charge in [-0.05, 0) is 24.0 Å². The van der Waals surface area contributed by atoms with E-state index in [0.29, 0.717) is 32.5 Å².